The topological polar surface area (TPSA) is 175 Å². The van der Waals surface area contributed by atoms with Crippen LogP contribution in [0.2, 0.25) is 0 Å². The Morgan fingerprint density at radius 1 is 1.53 bits per heavy atom. The van der Waals surface area contributed by atoms with Crippen molar-refractivity contribution in [1.29, 1.82) is 0 Å². The van der Waals surface area contributed by atoms with Crippen LogP contribution in [0.4, 0.5) is 0 Å². The molecule has 96 valence electrons. The summed E-state index contributed by atoms with van der Waals surface area (Å²) in [5, 5.41) is 33.1. The predicted molar refractivity (Wildman–Crippen MR) is 50.3 cm³/mol. The molecule has 0 aliphatic rings. The van der Waals surface area contributed by atoms with Crippen molar-refractivity contribution in [3.05, 3.63) is 11.9 Å². The third kappa shape index (κ3) is 4.60. The van der Waals surface area contributed by atoms with Gasteiger partial charge in [-0.15, -0.1) is 5.10 Å². The van der Waals surface area contributed by atoms with Crippen molar-refractivity contribution in [3.63, 3.8) is 0 Å². The fraction of sp³-hybridized carbons (Fsp3) is 0.250. The molecule has 0 bridgehead atoms. The summed E-state index contributed by atoms with van der Waals surface area (Å²) in [7, 11) is -5.09. The van der Waals surface area contributed by atoms with E-state index in [0.717, 1.165) is 6.20 Å². The maximum absolute atomic E-state index is 10.4. The minimum Gasteiger partial charge on any atom is -0.558 e. The SMILES string of the molecule is O=C(O)c1cn(C[B-](O)(O)OP(=O)(O)O)nn1. The lowest BCUT2D eigenvalue weighted by molar-refractivity contribution is 0.0690. The van der Waals surface area contributed by atoms with E-state index < -0.39 is 32.7 Å². The molecule has 0 unspecified atom stereocenters. The van der Waals surface area contributed by atoms with Gasteiger partial charge in [0.15, 0.2) is 5.69 Å². The molecule has 0 aliphatic carbocycles. The molecule has 1 aromatic heterocycles. The van der Waals surface area contributed by atoms with Crippen LogP contribution in [0.5, 0.6) is 0 Å². The standard InChI is InChI=1S/C4H8BN3O8P/c9-4(10)3-1-8(7-6-3)2-5(11,12)16-17(13,14)15/h1,11-12H,2H2,(H,9,10)(H2,13,14,15)/q-1. The summed E-state index contributed by atoms with van der Waals surface area (Å²) < 4.78 is 14.7. The molecule has 0 fully saturated rings. The minimum atomic E-state index is -5.09. The number of hydrogen-bond acceptors (Lipinski definition) is 7. The summed E-state index contributed by atoms with van der Waals surface area (Å²) in [5.74, 6) is -1.39. The molecule has 11 nitrogen and oxygen atoms in total. The van der Waals surface area contributed by atoms with Gasteiger partial charge in [-0.1, -0.05) is 5.21 Å². The zero-order valence-corrected chi connectivity index (χ0v) is 9.01. The molecule has 1 aromatic rings. The van der Waals surface area contributed by atoms with Crippen LogP contribution >= 0.6 is 7.82 Å². The van der Waals surface area contributed by atoms with E-state index in [-0.39, 0.29) is 0 Å². The van der Waals surface area contributed by atoms with Crippen LogP contribution in [0.1, 0.15) is 10.5 Å². The molecular formula is C4H8BN3O8P-. The Kier molecular flexibility index (Phi) is 3.67. The average molecular weight is 268 g/mol. The molecule has 0 aromatic carbocycles. The second-order valence-electron chi connectivity index (χ2n) is 3.09. The average Bonchev–Trinajstić information content (AvgIpc) is 2.46. The van der Waals surface area contributed by atoms with Crippen molar-refractivity contribution in [2.75, 3.05) is 0 Å². The highest BCUT2D eigenvalue weighted by molar-refractivity contribution is 7.48. The third-order valence-corrected chi connectivity index (χ3v) is 2.10. The van der Waals surface area contributed by atoms with Crippen LogP contribution in [0, 0.1) is 0 Å². The second kappa shape index (κ2) is 4.53. The van der Waals surface area contributed by atoms with Crippen molar-refractivity contribution in [2.45, 2.75) is 6.44 Å². The number of hydrogen-bond donors (Lipinski definition) is 5. The lowest BCUT2D eigenvalue weighted by Gasteiger charge is -2.28. The predicted octanol–water partition coefficient (Wildman–Crippen LogP) is -2.45. The Labute approximate surface area is 93.5 Å². The van der Waals surface area contributed by atoms with E-state index in [2.05, 4.69) is 14.8 Å². The van der Waals surface area contributed by atoms with E-state index in [1.807, 2.05) is 0 Å². The molecule has 0 aliphatic heterocycles. The lowest BCUT2D eigenvalue weighted by atomic mass is 9.81. The molecule has 0 saturated heterocycles. The molecule has 0 atom stereocenters. The number of carbonyl (C=O) groups is 1. The number of nitrogens with zero attached hydrogens (tertiary/aromatic N) is 3. The van der Waals surface area contributed by atoms with Crippen LogP contribution in [0.3, 0.4) is 0 Å². The largest absolute Gasteiger partial charge is 0.558 e. The summed E-state index contributed by atoms with van der Waals surface area (Å²) in [6, 6.07) is 0. The van der Waals surface area contributed by atoms with Gasteiger partial charge in [0.1, 0.15) is 0 Å². The first-order chi connectivity index (χ1) is 7.59. The minimum absolute atomic E-state index is 0.465. The quantitative estimate of drug-likeness (QED) is 0.284. The molecule has 13 heteroatoms. The summed E-state index contributed by atoms with van der Waals surface area (Å²) in [6.45, 7) is -3.88. The Morgan fingerprint density at radius 2 is 2.12 bits per heavy atom. The van der Waals surface area contributed by atoms with E-state index in [4.69, 9.17) is 24.9 Å². The van der Waals surface area contributed by atoms with E-state index in [0.29, 0.717) is 4.68 Å². The lowest BCUT2D eigenvalue weighted by Crippen LogP contribution is -2.43. The van der Waals surface area contributed by atoms with E-state index in [9.17, 15) is 9.36 Å². The highest BCUT2D eigenvalue weighted by atomic mass is 31.2. The van der Waals surface area contributed by atoms with Gasteiger partial charge in [-0.05, 0) is 0 Å². The molecule has 17 heavy (non-hydrogen) atoms. The van der Waals surface area contributed by atoms with Gasteiger partial charge in [-0.2, -0.15) is 0 Å². The molecule has 0 spiro atoms. The smallest absolute Gasteiger partial charge is 0.430 e. The van der Waals surface area contributed by atoms with Crippen molar-refractivity contribution in [1.82, 2.24) is 15.0 Å². The fourth-order valence-electron chi connectivity index (χ4n) is 0.983. The van der Waals surface area contributed by atoms with Gasteiger partial charge in [-0.25, -0.2) is 9.36 Å². The van der Waals surface area contributed by atoms with Crippen LogP contribution in [-0.2, 0) is 15.5 Å². The Balaban J connectivity index is 2.76. The molecule has 0 saturated carbocycles. The first-order valence-electron chi connectivity index (χ1n) is 4.09. The van der Waals surface area contributed by atoms with Gasteiger partial charge in [0.2, 0.25) is 0 Å². The van der Waals surface area contributed by atoms with E-state index in [1.54, 1.807) is 0 Å². The van der Waals surface area contributed by atoms with Crippen molar-refractivity contribution in [2.24, 2.45) is 0 Å². The normalized spacial score (nSPS) is 12.7. The second-order valence-corrected chi connectivity index (χ2v) is 4.28. The first kappa shape index (κ1) is 13.8. The van der Waals surface area contributed by atoms with Gasteiger partial charge in [0, 0.05) is 6.44 Å². The van der Waals surface area contributed by atoms with Gasteiger partial charge < -0.3 is 29.4 Å². The van der Waals surface area contributed by atoms with Crippen molar-refractivity contribution >= 4 is 20.5 Å². The fourth-order valence-corrected chi connectivity index (χ4v) is 1.49. The first-order valence-corrected chi connectivity index (χ1v) is 5.62. The van der Waals surface area contributed by atoms with Crippen LogP contribution in [0.25, 0.3) is 0 Å². The number of aromatic nitrogens is 3. The van der Waals surface area contributed by atoms with Crippen LogP contribution < -0.4 is 0 Å². The summed E-state index contributed by atoms with van der Waals surface area (Å²) in [4.78, 5) is 27.2. The number of carboxylic acids is 1. The molecule has 5 N–H and O–H groups in total. The van der Waals surface area contributed by atoms with Gasteiger partial charge in [0.25, 0.3) is 0 Å². The zero-order valence-electron chi connectivity index (χ0n) is 8.11. The maximum Gasteiger partial charge on any atom is 0.430 e. The molecule has 1 rings (SSSR count). The molecule has 0 radical (unpaired) electrons. The highest BCUT2D eigenvalue weighted by Gasteiger charge is 2.30. The summed E-state index contributed by atoms with van der Waals surface area (Å²) >= 11 is 0. The number of aromatic carboxylic acids is 1. The van der Waals surface area contributed by atoms with Crippen LogP contribution in [0.15, 0.2) is 6.20 Å². The monoisotopic (exact) mass is 268 g/mol. The van der Waals surface area contributed by atoms with Gasteiger partial charge in [0.05, 0.1) is 6.20 Å². The number of carboxylic acid groups (broad SMARTS) is 1. The van der Waals surface area contributed by atoms with E-state index >= 15 is 0 Å². The third-order valence-electron chi connectivity index (χ3n) is 1.49. The number of rotatable bonds is 5. The maximum atomic E-state index is 10.4. The van der Waals surface area contributed by atoms with Crippen molar-refractivity contribution < 1.29 is 38.7 Å². The zero-order chi connectivity index (χ0) is 13.3. The van der Waals surface area contributed by atoms with Crippen molar-refractivity contribution in [3.8, 4) is 0 Å². The highest BCUT2D eigenvalue weighted by Crippen LogP contribution is 2.38. The summed E-state index contributed by atoms with van der Waals surface area (Å²) in [6.07, 6.45) is -0.0281. The van der Waals surface area contributed by atoms with Gasteiger partial charge >= 0.3 is 20.5 Å². The van der Waals surface area contributed by atoms with Gasteiger partial charge in [-0.3, -0.25) is 4.68 Å². The van der Waals surface area contributed by atoms with E-state index in [1.165, 1.54) is 0 Å². The summed E-state index contributed by atoms with van der Waals surface area (Å²) in [5.41, 5.74) is -0.465. The molecule has 0 amide bonds. The Hall–Kier alpha value is -1.30. The Bertz CT molecular complexity index is 467. The number of phosphoric acid groups is 1. The molecule has 1 heterocycles. The van der Waals surface area contributed by atoms with Crippen LogP contribution in [-0.4, -0.2) is 52.7 Å². The Morgan fingerprint density at radius 3 is 2.53 bits per heavy atom. The molecular weight excluding hydrogens is 260 g/mol.